The van der Waals surface area contributed by atoms with Gasteiger partial charge in [0.1, 0.15) is 11.5 Å². The molecular formula is C15H15NO4. The van der Waals surface area contributed by atoms with E-state index in [-0.39, 0.29) is 11.3 Å². The van der Waals surface area contributed by atoms with Gasteiger partial charge in [0.25, 0.3) is 0 Å². The molecule has 0 aromatic heterocycles. The number of para-hydroxylation sites is 1. The number of esters is 1. The molecule has 0 amide bonds. The summed E-state index contributed by atoms with van der Waals surface area (Å²) in [6.45, 7) is 0. The molecule has 2 aromatic rings. The van der Waals surface area contributed by atoms with Crippen LogP contribution in [0.15, 0.2) is 42.5 Å². The molecule has 0 saturated heterocycles. The van der Waals surface area contributed by atoms with Crippen molar-refractivity contribution in [3.8, 4) is 17.2 Å². The number of nitrogens with two attached hydrogens (primary N) is 1. The first-order valence-electron chi connectivity index (χ1n) is 5.94. The summed E-state index contributed by atoms with van der Waals surface area (Å²) in [4.78, 5) is 11.6. The van der Waals surface area contributed by atoms with E-state index >= 15 is 0 Å². The van der Waals surface area contributed by atoms with Crippen molar-refractivity contribution >= 4 is 11.7 Å². The smallest absolute Gasteiger partial charge is 0.340 e. The van der Waals surface area contributed by atoms with Crippen molar-refractivity contribution in [3.05, 3.63) is 48.0 Å². The van der Waals surface area contributed by atoms with Crippen LogP contribution in [-0.4, -0.2) is 20.2 Å². The van der Waals surface area contributed by atoms with Gasteiger partial charge >= 0.3 is 5.97 Å². The third-order valence-corrected chi connectivity index (χ3v) is 2.74. The van der Waals surface area contributed by atoms with Gasteiger partial charge in [0.05, 0.1) is 25.5 Å². The molecule has 20 heavy (non-hydrogen) atoms. The predicted octanol–water partition coefficient (Wildman–Crippen LogP) is 2.86. The molecule has 0 atom stereocenters. The lowest BCUT2D eigenvalue weighted by Crippen LogP contribution is -2.06. The lowest BCUT2D eigenvalue weighted by Gasteiger charge is -2.11. The monoisotopic (exact) mass is 273 g/mol. The van der Waals surface area contributed by atoms with E-state index in [0.29, 0.717) is 17.2 Å². The number of carbonyl (C=O) groups excluding carboxylic acids is 1. The first-order chi connectivity index (χ1) is 9.65. The highest BCUT2D eigenvalue weighted by Gasteiger charge is 2.14. The van der Waals surface area contributed by atoms with Crippen molar-refractivity contribution in [1.82, 2.24) is 0 Å². The fraction of sp³-hybridized carbons (Fsp3) is 0.133. The number of methoxy groups -OCH3 is 2. The third kappa shape index (κ3) is 2.83. The van der Waals surface area contributed by atoms with Crippen molar-refractivity contribution in [2.75, 3.05) is 20.0 Å². The molecule has 5 nitrogen and oxygen atoms in total. The molecule has 0 aliphatic heterocycles. The Bertz CT molecular complexity index is 625. The van der Waals surface area contributed by atoms with Crippen LogP contribution in [0.4, 0.5) is 5.69 Å². The van der Waals surface area contributed by atoms with Gasteiger partial charge in [-0.15, -0.1) is 0 Å². The van der Waals surface area contributed by atoms with Crippen molar-refractivity contribution in [1.29, 1.82) is 0 Å². The van der Waals surface area contributed by atoms with Gasteiger partial charge in [0, 0.05) is 6.07 Å². The molecular weight excluding hydrogens is 258 g/mol. The van der Waals surface area contributed by atoms with Gasteiger partial charge in [-0.1, -0.05) is 12.1 Å². The van der Waals surface area contributed by atoms with Crippen LogP contribution in [0, 0.1) is 0 Å². The topological polar surface area (TPSA) is 70.8 Å². The summed E-state index contributed by atoms with van der Waals surface area (Å²) >= 11 is 0. The van der Waals surface area contributed by atoms with Gasteiger partial charge < -0.3 is 19.9 Å². The molecule has 0 spiro atoms. The normalized spacial score (nSPS) is 9.90. The molecule has 0 unspecified atom stereocenters. The SMILES string of the molecule is COC(=O)c1cccc(Oc2cccc(OC)c2)c1N. The maximum absolute atomic E-state index is 11.6. The molecule has 0 heterocycles. The largest absolute Gasteiger partial charge is 0.497 e. The van der Waals surface area contributed by atoms with Crippen molar-refractivity contribution < 1.29 is 19.0 Å². The second-order valence-electron chi connectivity index (χ2n) is 3.99. The van der Waals surface area contributed by atoms with Crippen LogP contribution in [0.5, 0.6) is 17.2 Å². The van der Waals surface area contributed by atoms with E-state index < -0.39 is 5.97 Å². The fourth-order valence-electron chi connectivity index (χ4n) is 1.71. The van der Waals surface area contributed by atoms with E-state index in [0.717, 1.165) is 0 Å². The highest BCUT2D eigenvalue weighted by atomic mass is 16.5. The van der Waals surface area contributed by atoms with E-state index in [9.17, 15) is 4.79 Å². The zero-order valence-corrected chi connectivity index (χ0v) is 11.3. The van der Waals surface area contributed by atoms with Gasteiger partial charge in [-0.3, -0.25) is 0 Å². The molecule has 104 valence electrons. The Morgan fingerprint density at radius 2 is 1.75 bits per heavy atom. The van der Waals surface area contributed by atoms with Crippen LogP contribution < -0.4 is 15.2 Å². The minimum absolute atomic E-state index is 0.238. The molecule has 5 heteroatoms. The molecule has 0 fully saturated rings. The minimum atomic E-state index is -0.501. The van der Waals surface area contributed by atoms with E-state index in [1.54, 1.807) is 49.6 Å². The van der Waals surface area contributed by atoms with E-state index in [4.69, 9.17) is 15.2 Å². The summed E-state index contributed by atoms with van der Waals surface area (Å²) in [7, 11) is 2.88. The maximum atomic E-state index is 11.6. The third-order valence-electron chi connectivity index (χ3n) is 2.74. The molecule has 2 rings (SSSR count). The Morgan fingerprint density at radius 1 is 1.05 bits per heavy atom. The van der Waals surface area contributed by atoms with Crippen LogP contribution in [0.25, 0.3) is 0 Å². The Kier molecular flexibility index (Phi) is 4.10. The number of nitrogen functional groups attached to an aromatic ring is 1. The minimum Gasteiger partial charge on any atom is -0.497 e. The summed E-state index contributed by atoms with van der Waals surface area (Å²) in [5, 5.41) is 0. The zero-order valence-electron chi connectivity index (χ0n) is 11.3. The number of carbonyl (C=O) groups is 1. The van der Waals surface area contributed by atoms with Gasteiger partial charge in [-0.05, 0) is 24.3 Å². The number of anilines is 1. The van der Waals surface area contributed by atoms with Gasteiger partial charge in [0.15, 0.2) is 5.75 Å². The standard InChI is InChI=1S/C15H15NO4/c1-18-10-5-3-6-11(9-10)20-13-8-4-7-12(14(13)16)15(17)19-2/h3-9H,16H2,1-2H3. The van der Waals surface area contributed by atoms with Crippen molar-refractivity contribution in [3.63, 3.8) is 0 Å². The first-order valence-corrected chi connectivity index (χ1v) is 5.94. The van der Waals surface area contributed by atoms with Gasteiger partial charge in [0.2, 0.25) is 0 Å². The Balaban J connectivity index is 2.31. The highest BCUT2D eigenvalue weighted by Crippen LogP contribution is 2.31. The lowest BCUT2D eigenvalue weighted by molar-refractivity contribution is 0.0601. The second-order valence-corrected chi connectivity index (χ2v) is 3.99. The highest BCUT2D eigenvalue weighted by molar-refractivity contribution is 5.96. The quantitative estimate of drug-likeness (QED) is 0.685. The molecule has 0 radical (unpaired) electrons. The van der Waals surface area contributed by atoms with Crippen LogP contribution in [0.3, 0.4) is 0 Å². The van der Waals surface area contributed by atoms with Crippen molar-refractivity contribution in [2.24, 2.45) is 0 Å². The average Bonchev–Trinajstić information content (AvgIpc) is 2.49. The van der Waals surface area contributed by atoms with Crippen LogP contribution >= 0.6 is 0 Å². The number of rotatable bonds is 4. The van der Waals surface area contributed by atoms with E-state index in [1.807, 2.05) is 0 Å². The van der Waals surface area contributed by atoms with E-state index in [2.05, 4.69) is 4.74 Å². The summed E-state index contributed by atoms with van der Waals surface area (Å²) in [5.74, 6) is 1.13. The summed E-state index contributed by atoms with van der Waals surface area (Å²) in [5.41, 5.74) is 6.43. The summed E-state index contributed by atoms with van der Waals surface area (Å²) in [6, 6.07) is 12.0. The molecule has 0 aliphatic rings. The Hall–Kier alpha value is -2.69. The van der Waals surface area contributed by atoms with Crippen LogP contribution in [0.2, 0.25) is 0 Å². The molecule has 0 saturated carbocycles. The van der Waals surface area contributed by atoms with E-state index in [1.165, 1.54) is 7.11 Å². The van der Waals surface area contributed by atoms with Crippen LogP contribution in [-0.2, 0) is 4.74 Å². The fourth-order valence-corrected chi connectivity index (χ4v) is 1.71. The summed E-state index contributed by atoms with van der Waals surface area (Å²) < 4.78 is 15.5. The van der Waals surface area contributed by atoms with Gasteiger partial charge in [-0.2, -0.15) is 0 Å². The molecule has 0 aliphatic carbocycles. The van der Waals surface area contributed by atoms with Gasteiger partial charge in [-0.25, -0.2) is 4.79 Å². The second kappa shape index (κ2) is 5.97. The summed E-state index contributed by atoms with van der Waals surface area (Å²) in [6.07, 6.45) is 0. The van der Waals surface area contributed by atoms with Crippen molar-refractivity contribution in [2.45, 2.75) is 0 Å². The number of benzene rings is 2. The molecule has 2 N–H and O–H groups in total. The zero-order chi connectivity index (χ0) is 14.5. The molecule has 0 bridgehead atoms. The lowest BCUT2D eigenvalue weighted by atomic mass is 10.1. The average molecular weight is 273 g/mol. The Morgan fingerprint density at radius 3 is 2.45 bits per heavy atom. The van der Waals surface area contributed by atoms with Crippen LogP contribution in [0.1, 0.15) is 10.4 Å². The number of hydrogen-bond donors (Lipinski definition) is 1. The first kappa shape index (κ1) is 13.7. The number of ether oxygens (including phenoxy) is 3. The Labute approximate surface area is 116 Å². The predicted molar refractivity (Wildman–Crippen MR) is 75.3 cm³/mol. The molecule has 2 aromatic carbocycles. The number of hydrogen-bond acceptors (Lipinski definition) is 5. The maximum Gasteiger partial charge on any atom is 0.340 e.